The first-order valence-corrected chi connectivity index (χ1v) is 10.2. The topological polar surface area (TPSA) is 85.8 Å². The number of furan rings is 1. The maximum absolute atomic E-state index is 13.2. The molecule has 1 aliphatic rings. The molecule has 3 aromatic rings. The van der Waals surface area contributed by atoms with E-state index in [1.807, 2.05) is 18.7 Å². The van der Waals surface area contributed by atoms with Crippen molar-refractivity contribution >= 4 is 15.7 Å². The number of hydrogen-bond acceptors (Lipinski definition) is 7. The minimum Gasteiger partial charge on any atom is -0.459 e. The molecule has 0 amide bonds. The molecule has 4 rings (SSSR count). The van der Waals surface area contributed by atoms with E-state index in [0.29, 0.717) is 18.8 Å². The highest BCUT2D eigenvalue weighted by Gasteiger charge is 2.34. The van der Waals surface area contributed by atoms with Gasteiger partial charge in [-0.15, -0.1) is 0 Å². The summed E-state index contributed by atoms with van der Waals surface area (Å²) in [6.45, 7) is 4.90. The molecule has 1 fully saturated rings. The van der Waals surface area contributed by atoms with E-state index in [1.54, 1.807) is 42.5 Å². The Labute approximate surface area is 157 Å². The molecule has 0 unspecified atom stereocenters. The van der Waals surface area contributed by atoms with Crippen molar-refractivity contribution in [3.63, 3.8) is 0 Å². The van der Waals surface area contributed by atoms with Crippen molar-refractivity contribution in [2.24, 2.45) is 0 Å². The quantitative estimate of drug-likeness (QED) is 0.677. The highest BCUT2D eigenvalue weighted by atomic mass is 32.2. The second kappa shape index (κ2) is 6.86. The lowest BCUT2D eigenvalue weighted by molar-refractivity contribution is -0.00657. The summed E-state index contributed by atoms with van der Waals surface area (Å²) in [5, 5.41) is -0.110. The molecule has 0 spiro atoms. The van der Waals surface area contributed by atoms with Crippen LogP contribution < -0.4 is 4.90 Å². The normalized spacial score (nSPS) is 20.7. The Bertz CT molecular complexity index is 1000. The van der Waals surface area contributed by atoms with Crippen molar-refractivity contribution < 1.29 is 22.0 Å². The fourth-order valence-corrected chi connectivity index (χ4v) is 4.58. The first-order chi connectivity index (χ1) is 12.9. The van der Waals surface area contributed by atoms with Crippen LogP contribution in [-0.2, 0) is 14.6 Å². The molecule has 0 bridgehead atoms. The van der Waals surface area contributed by atoms with Gasteiger partial charge in [0.05, 0.1) is 23.4 Å². The van der Waals surface area contributed by atoms with Crippen molar-refractivity contribution in [1.82, 2.24) is 4.98 Å². The zero-order chi connectivity index (χ0) is 19.0. The van der Waals surface area contributed by atoms with Crippen LogP contribution >= 0.6 is 0 Å². The average molecular weight is 388 g/mol. The number of aromatic nitrogens is 1. The fraction of sp³-hybridized carbons (Fsp3) is 0.316. The molecule has 2 atom stereocenters. The third-order valence-electron chi connectivity index (χ3n) is 4.33. The molecule has 3 heterocycles. The Morgan fingerprint density at radius 2 is 1.74 bits per heavy atom. The number of nitrogens with zero attached hydrogens (tertiary/aromatic N) is 2. The lowest BCUT2D eigenvalue weighted by atomic mass is 10.2. The van der Waals surface area contributed by atoms with E-state index in [4.69, 9.17) is 13.6 Å². The van der Waals surface area contributed by atoms with Gasteiger partial charge in [-0.25, -0.2) is 8.42 Å². The van der Waals surface area contributed by atoms with Crippen molar-refractivity contribution in [2.45, 2.75) is 36.0 Å². The Hall–Kier alpha value is -2.58. The van der Waals surface area contributed by atoms with Gasteiger partial charge >= 0.3 is 0 Å². The van der Waals surface area contributed by atoms with Gasteiger partial charge in [0.2, 0.25) is 20.7 Å². The molecule has 27 heavy (non-hydrogen) atoms. The van der Waals surface area contributed by atoms with Crippen LogP contribution in [0, 0.1) is 0 Å². The lowest BCUT2D eigenvalue weighted by Crippen LogP contribution is -2.45. The SMILES string of the molecule is C[C@H]1CN(c2oc(-c3ccco3)nc2S(=O)(=O)c2ccccc2)C[C@H](C)O1. The zero-order valence-electron chi connectivity index (χ0n) is 15.0. The molecule has 8 heteroatoms. The number of ether oxygens (including phenoxy) is 1. The van der Waals surface area contributed by atoms with Crippen LogP contribution in [-0.4, -0.2) is 38.7 Å². The van der Waals surface area contributed by atoms with Gasteiger partial charge in [-0.1, -0.05) is 18.2 Å². The first kappa shape index (κ1) is 17.8. The van der Waals surface area contributed by atoms with Gasteiger partial charge < -0.3 is 18.5 Å². The smallest absolute Gasteiger partial charge is 0.266 e. The average Bonchev–Trinajstić information content (AvgIpc) is 3.31. The first-order valence-electron chi connectivity index (χ1n) is 8.70. The third-order valence-corrected chi connectivity index (χ3v) is 5.99. The highest BCUT2D eigenvalue weighted by molar-refractivity contribution is 7.91. The summed E-state index contributed by atoms with van der Waals surface area (Å²) in [5.74, 6) is 0.726. The predicted molar refractivity (Wildman–Crippen MR) is 98.3 cm³/mol. The zero-order valence-corrected chi connectivity index (χ0v) is 15.8. The lowest BCUT2D eigenvalue weighted by Gasteiger charge is -2.35. The van der Waals surface area contributed by atoms with E-state index >= 15 is 0 Å². The van der Waals surface area contributed by atoms with Crippen LogP contribution in [0.3, 0.4) is 0 Å². The summed E-state index contributed by atoms with van der Waals surface area (Å²) in [5.41, 5.74) is 0. The molecule has 1 saturated heterocycles. The van der Waals surface area contributed by atoms with Crippen LogP contribution in [0.5, 0.6) is 0 Å². The summed E-state index contributed by atoms with van der Waals surface area (Å²) < 4.78 is 43.5. The van der Waals surface area contributed by atoms with E-state index in [0.717, 1.165) is 0 Å². The van der Waals surface area contributed by atoms with Crippen LogP contribution in [0.1, 0.15) is 13.8 Å². The van der Waals surface area contributed by atoms with E-state index in [9.17, 15) is 8.42 Å². The molecule has 0 radical (unpaired) electrons. The standard InChI is InChI=1S/C19H20N2O5S/c1-13-11-21(12-14(2)25-13)19-18(20-17(26-19)16-9-6-10-24-16)27(22,23)15-7-4-3-5-8-15/h3-10,13-14H,11-12H2,1-2H3/t13-,14-/m0/s1. The van der Waals surface area contributed by atoms with Crippen molar-refractivity contribution in [3.8, 4) is 11.7 Å². The van der Waals surface area contributed by atoms with Crippen LogP contribution in [0.25, 0.3) is 11.7 Å². The molecule has 2 aromatic heterocycles. The Balaban J connectivity index is 1.84. The molecule has 0 aliphatic carbocycles. The third kappa shape index (κ3) is 3.38. The molecule has 142 valence electrons. The van der Waals surface area contributed by atoms with E-state index in [2.05, 4.69) is 4.98 Å². The maximum atomic E-state index is 13.2. The van der Waals surface area contributed by atoms with Gasteiger partial charge in [0.25, 0.3) is 5.89 Å². The summed E-state index contributed by atoms with van der Waals surface area (Å²) in [4.78, 5) is 6.33. The molecular weight excluding hydrogens is 368 g/mol. The van der Waals surface area contributed by atoms with Gasteiger partial charge in [-0.2, -0.15) is 4.98 Å². The van der Waals surface area contributed by atoms with Crippen molar-refractivity contribution in [2.75, 3.05) is 18.0 Å². The van der Waals surface area contributed by atoms with Crippen molar-refractivity contribution in [1.29, 1.82) is 0 Å². The Morgan fingerprint density at radius 1 is 1.04 bits per heavy atom. The molecule has 0 saturated carbocycles. The fourth-order valence-electron chi connectivity index (χ4n) is 3.23. The number of oxazole rings is 1. The molecule has 1 aliphatic heterocycles. The van der Waals surface area contributed by atoms with Gasteiger partial charge in [-0.05, 0) is 38.1 Å². The Kier molecular flexibility index (Phi) is 4.53. The summed E-state index contributed by atoms with van der Waals surface area (Å²) in [6.07, 6.45) is 1.38. The number of rotatable bonds is 4. The van der Waals surface area contributed by atoms with Gasteiger partial charge in [0.1, 0.15) is 0 Å². The number of sulfone groups is 1. The molecule has 7 nitrogen and oxygen atoms in total. The minimum atomic E-state index is -3.85. The molecular formula is C19H20N2O5S. The maximum Gasteiger partial charge on any atom is 0.266 e. The van der Waals surface area contributed by atoms with Crippen LogP contribution in [0.2, 0.25) is 0 Å². The van der Waals surface area contributed by atoms with Gasteiger partial charge in [0.15, 0.2) is 5.76 Å². The van der Waals surface area contributed by atoms with E-state index in [1.165, 1.54) is 6.26 Å². The van der Waals surface area contributed by atoms with Crippen molar-refractivity contribution in [3.05, 3.63) is 48.7 Å². The second-order valence-electron chi connectivity index (χ2n) is 6.59. The van der Waals surface area contributed by atoms with E-state index < -0.39 is 9.84 Å². The number of hydrogen-bond donors (Lipinski definition) is 0. The number of anilines is 1. The minimum absolute atomic E-state index is 0.0572. The van der Waals surface area contributed by atoms with E-state index in [-0.39, 0.29) is 33.9 Å². The Morgan fingerprint density at radius 3 is 2.37 bits per heavy atom. The molecule has 0 N–H and O–H groups in total. The van der Waals surface area contributed by atoms with Crippen LogP contribution in [0.4, 0.5) is 5.88 Å². The van der Waals surface area contributed by atoms with Gasteiger partial charge in [-0.3, -0.25) is 0 Å². The molecule has 1 aromatic carbocycles. The van der Waals surface area contributed by atoms with Gasteiger partial charge in [0, 0.05) is 13.1 Å². The summed E-state index contributed by atoms with van der Waals surface area (Å²) in [7, 11) is -3.85. The highest BCUT2D eigenvalue weighted by Crippen LogP contribution is 2.35. The number of morpholine rings is 1. The predicted octanol–water partition coefficient (Wildman–Crippen LogP) is 3.38. The monoisotopic (exact) mass is 388 g/mol. The summed E-state index contributed by atoms with van der Waals surface area (Å²) >= 11 is 0. The summed E-state index contributed by atoms with van der Waals surface area (Å²) in [6, 6.07) is 11.6. The number of benzene rings is 1. The second-order valence-corrected chi connectivity index (χ2v) is 8.45. The largest absolute Gasteiger partial charge is 0.459 e. The van der Waals surface area contributed by atoms with Crippen LogP contribution in [0.15, 0.2) is 67.5 Å².